The number of carbonyl (C=O) groups is 1. The van der Waals surface area contributed by atoms with E-state index in [1.54, 1.807) is 0 Å². The van der Waals surface area contributed by atoms with Crippen LogP contribution in [0.25, 0.3) is 0 Å². The molecule has 1 aliphatic carbocycles. The third-order valence-electron chi connectivity index (χ3n) is 7.11. The van der Waals surface area contributed by atoms with E-state index in [-0.39, 0.29) is 11.9 Å². The Balaban J connectivity index is 1.62. The van der Waals surface area contributed by atoms with Crippen LogP contribution in [0, 0.1) is 23.7 Å². The van der Waals surface area contributed by atoms with Crippen molar-refractivity contribution in [2.24, 2.45) is 34.4 Å². The van der Waals surface area contributed by atoms with Gasteiger partial charge >= 0.3 is 0 Å². The summed E-state index contributed by atoms with van der Waals surface area (Å²) in [4.78, 5) is 21.1. The summed E-state index contributed by atoms with van der Waals surface area (Å²) in [5.41, 5.74) is 6.37. The lowest BCUT2D eigenvalue weighted by molar-refractivity contribution is -0.131. The normalized spacial score (nSPS) is 32.8. The molecule has 2 fully saturated rings. The highest BCUT2D eigenvalue weighted by molar-refractivity contribution is 5.92. The number of likely N-dealkylation sites (tertiary alicyclic amines) is 1. The Bertz CT molecular complexity index is 734. The number of nitrogens with zero attached hydrogens (tertiary/aromatic N) is 2. The van der Waals surface area contributed by atoms with Crippen molar-refractivity contribution in [3.8, 4) is 0 Å². The number of carbonyl (C=O) groups excluding carboxylic acids is 1. The molecule has 3 aliphatic heterocycles. The van der Waals surface area contributed by atoms with Gasteiger partial charge in [-0.3, -0.25) is 14.7 Å². The van der Waals surface area contributed by atoms with Crippen LogP contribution in [0.4, 0.5) is 0 Å². The van der Waals surface area contributed by atoms with Gasteiger partial charge in [0.2, 0.25) is 5.91 Å². The number of unbranched alkanes of at least 4 members (excludes halogenated alkanes) is 1. The van der Waals surface area contributed by atoms with E-state index in [4.69, 9.17) is 10.7 Å². The van der Waals surface area contributed by atoms with Crippen LogP contribution in [0.15, 0.2) is 35.3 Å². The van der Waals surface area contributed by atoms with Crippen LogP contribution in [-0.4, -0.2) is 54.8 Å². The first-order chi connectivity index (χ1) is 14.1. The van der Waals surface area contributed by atoms with Crippen LogP contribution >= 0.6 is 0 Å². The van der Waals surface area contributed by atoms with Gasteiger partial charge in [0, 0.05) is 37.8 Å². The molecule has 5 nitrogen and oxygen atoms in total. The van der Waals surface area contributed by atoms with E-state index in [0.29, 0.717) is 36.8 Å². The summed E-state index contributed by atoms with van der Waals surface area (Å²) < 4.78 is 0. The third kappa shape index (κ3) is 3.75. The van der Waals surface area contributed by atoms with Gasteiger partial charge in [0.05, 0.1) is 0 Å². The van der Waals surface area contributed by atoms with E-state index in [9.17, 15) is 4.79 Å². The second-order valence-electron chi connectivity index (χ2n) is 9.60. The largest absolute Gasteiger partial charge is 0.354 e. The molecule has 1 saturated heterocycles. The molecule has 0 radical (unpaired) electrons. The van der Waals surface area contributed by atoms with Gasteiger partial charge in [-0.25, -0.2) is 0 Å². The highest BCUT2D eigenvalue weighted by Gasteiger charge is 2.67. The van der Waals surface area contributed by atoms with Crippen LogP contribution < -0.4 is 11.1 Å². The van der Waals surface area contributed by atoms with Crippen molar-refractivity contribution in [2.45, 2.75) is 51.1 Å². The molecule has 5 heteroatoms. The van der Waals surface area contributed by atoms with Gasteiger partial charge in [0.25, 0.3) is 0 Å². The Morgan fingerprint density at radius 1 is 1.31 bits per heavy atom. The molecule has 4 bridgehead atoms. The van der Waals surface area contributed by atoms with Crippen molar-refractivity contribution < 1.29 is 4.79 Å². The molecule has 1 aromatic carbocycles. The smallest absolute Gasteiger partial charge is 0.249 e. The van der Waals surface area contributed by atoms with Crippen molar-refractivity contribution >= 4 is 12.1 Å². The molecule has 1 aromatic rings. The average Bonchev–Trinajstić information content (AvgIpc) is 2.97. The van der Waals surface area contributed by atoms with Gasteiger partial charge < -0.3 is 11.1 Å². The van der Waals surface area contributed by atoms with E-state index < -0.39 is 5.54 Å². The quantitative estimate of drug-likeness (QED) is 0.630. The number of hydrogen-bond donors (Lipinski definition) is 2. The van der Waals surface area contributed by atoms with Gasteiger partial charge in [0.15, 0.2) is 5.54 Å². The Hall–Kier alpha value is -1.72. The molecule has 0 spiro atoms. The van der Waals surface area contributed by atoms with Crippen LogP contribution in [0.5, 0.6) is 0 Å². The second-order valence-corrected chi connectivity index (χ2v) is 9.60. The molecule has 3 heterocycles. The highest BCUT2D eigenvalue weighted by atomic mass is 16.2. The zero-order valence-corrected chi connectivity index (χ0v) is 17.9. The van der Waals surface area contributed by atoms with Gasteiger partial charge in [-0.15, -0.1) is 0 Å². The fraction of sp³-hybridized carbons (Fsp3) is 0.667. The minimum atomic E-state index is -0.605. The summed E-state index contributed by atoms with van der Waals surface area (Å²) >= 11 is 0. The maximum Gasteiger partial charge on any atom is 0.249 e. The van der Waals surface area contributed by atoms with Gasteiger partial charge in [-0.1, -0.05) is 44.2 Å². The van der Waals surface area contributed by atoms with Crippen molar-refractivity contribution in [3.05, 3.63) is 35.9 Å². The first kappa shape index (κ1) is 20.5. The zero-order valence-electron chi connectivity index (χ0n) is 17.9. The van der Waals surface area contributed by atoms with Crippen LogP contribution in [0.3, 0.4) is 0 Å². The van der Waals surface area contributed by atoms with Gasteiger partial charge in [-0.2, -0.15) is 0 Å². The van der Waals surface area contributed by atoms with E-state index in [1.165, 1.54) is 5.56 Å². The van der Waals surface area contributed by atoms with Crippen LogP contribution in [-0.2, 0) is 11.2 Å². The van der Waals surface area contributed by atoms with Crippen molar-refractivity contribution in [1.82, 2.24) is 10.2 Å². The molecule has 5 atom stereocenters. The van der Waals surface area contributed by atoms with E-state index in [2.05, 4.69) is 60.6 Å². The molecule has 5 rings (SSSR count). The second kappa shape index (κ2) is 8.57. The fourth-order valence-corrected chi connectivity index (χ4v) is 6.01. The lowest BCUT2D eigenvalue weighted by atomic mass is 9.59. The summed E-state index contributed by atoms with van der Waals surface area (Å²) in [6, 6.07) is 11.0. The summed E-state index contributed by atoms with van der Waals surface area (Å²) in [5, 5.41) is 3.23. The number of rotatable bonds is 9. The standard InChI is InChI=1S/C24H36N4O/c1-17(2)15-28-16-20-13-19-14-27-24(20,23(29)26-11-7-6-10-25)22(28)21(19)12-18-8-4-3-5-9-18/h3-5,8-9,14,17,19-22H,6-7,10-13,15-16,25H2,1-2H3,(H,26,29). The molecule has 0 aromatic heterocycles. The van der Waals surface area contributed by atoms with Crippen molar-refractivity contribution in [1.29, 1.82) is 0 Å². The average molecular weight is 397 g/mol. The van der Waals surface area contributed by atoms with Gasteiger partial charge in [-0.05, 0) is 55.5 Å². The summed E-state index contributed by atoms with van der Waals surface area (Å²) in [6.07, 6.45) is 6.11. The Kier molecular flexibility index (Phi) is 6.07. The lowest BCUT2D eigenvalue weighted by Gasteiger charge is -2.51. The number of hydrogen-bond acceptors (Lipinski definition) is 4. The molecule has 1 amide bonds. The SMILES string of the molecule is CC(C)CN1CC2CC3C=NC2(C(=O)NCCCCN)C1C3Cc1ccccc1. The first-order valence-corrected chi connectivity index (χ1v) is 11.4. The monoisotopic (exact) mass is 396 g/mol. The molecule has 4 aliphatic rings. The third-order valence-corrected chi connectivity index (χ3v) is 7.11. The molecular weight excluding hydrogens is 360 g/mol. The predicted molar refractivity (Wildman–Crippen MR) is 118 cm³/mol. The predicted octanol–water partition coefficient (Wildman–Crippen LogP) is 2.50. The van der Waals surface area contributed by atoms with Crippen LogP contribution in [0.1, 0.15) is 38.7 Å². The molecular formula is C24H36N4O. The number of nitrogens with two attached hydrogens (primary N) is 1. The Labute approximate surface area is 175 Å². The van der Waals surface area contributed by atoms with E-state index in [0.717, 1.165) is 38.8 Å². The zero-order chi connectivity index (χ0) is 20.4. The van der Waals surface area contributed by atoms with E-state index >= 15 is 0 Å². The highest BCUT2D eigenvalue weighted by Crippen LogP contribution is 2.54. The molecule has 5 unspecified atom stereocenters. The van der Waals surface area contributed by atoms with Gasteiger partial charge in [0.1, 0.15) is 0 Å². The maximum absolute atomic E-state index is 13.5. The summed E-state index contributed by atoms with van der Waals surface area (Å²) in [7, 11) is 0. The maximum atomic E-state index is 13.5. The minimum Gasteiger partial charge on any atom is -0.354 e. The van der Waals surface area contributed by atoms with E-state index in [1.807, 2.05) is 0 Å². The summed E-state index contributed by atoms with van der Waals surface area (Å²) in [5.74, 6) is 1.99. The Morgan fingerprint density at radius 3 is 2.83 bits per heavy atom. The molecule has 1 saturated carbocycles. The topological polar surface area (TPSA) is 70.7 Å². The van der Waals surface area contributed by atoms with Crippen molar-refractivity contribution in [3.63, 3.8) is 0 Å². The lowest BCUT2D eigenvalue weighted by Crippen LogP contribution is -2.66. The van der Waals surface area contributed by atoms with Crippen molar-refractivity contribution in [2.75, 3.05) is 26.2 Å². The molecule has 3 N–H and O–H groups in total. The summed E-state index contributed by atoms with van der Waals surface area (Å²) in [6.45, 7) is 7.96. The first-order valence-electron chi connectivity index (χ1n) is 11.4. The number of nitrogens with one attached hydrogen (secondary N) is 1. The fourth-order valence-electron chi connectivity index (χ4n) is 6.01. The Morgan fingerprint density at radius 2 is 2.10 bits per heavy atom. The number of amides is 1. The minimum absolute atomic E-state index is 0.142. The molecule has 158 valence electrons. The molecule has 29 heavy (non-hydrogen) atoms. The van der Waals surface area contributed by atoms with Crippen LogP contribution in [0.2, 0.25) is 0 Å². The number of aliphatic imine (C=N–C) groups is 1. The number of benzene rings is 1.